The lowest BCUT2D eigenvalue weighted by Gasteiger charge is -2.35. The van der Waals surface area contributed by atoms with E-state index in [2.05, 4.69) is 0 Å². The molecule has 1 amide bonds. The Balaban J connectivity index is 1.88. The molecule has 1 heterocycles. The maximum atomic E-state index is 12.6. The number of nitrogens with zero attached hydrogens (tertiary/aromatic N) is 3. The van der Waals surface area contributed by atoms with Gasteiger partial charge in [0.1, 0.15) is 0 Å². The minimum Gasteiger partial charge on any atom is -0.480 e. The second-order valence-corrected chi connectivity index (χ2v) is 8.59. The predicted molar refractivity (Wildman–Crippen MR) is 102 cm³/mol. The number of benzene rings is 1. The third kappa shape index (κ3) is 6.60. The first-order chi connectivity index (χ1) is 12.8. The molecule has 0 radical (unpaired) electrons. The van der Waals surface area contributed by atoms with Crippen molar-refractivity contribution >= 4 is 21.9 Å². The van der Waals surface area contributed by atoms with Gasteiger partial charge in [-0.2, -0.15) is 4.31 Å². The van der Waals surface area contributed by atoms with Crippen molar-refractivity contribution in [2.75, 3.05) is 45.8 Å². The van der Waals surface area contributed by atoms with E-state index in [-0.39, 0.29) is 37.8 Å². The summed E-state index contributed by atoms with van der Waals surface area (Å²) in [6.45, 7) is 3.47. The van der Waals surface area contributed by atoms with Gasteiger partial charge in [0, 0.05) is 26.2 Å². The summed E-state index contributed by atoms with van der Waals surface area (Å²) in [5.74, 6) is -1.18. The molecule has 1 N–H and O–H groups in total. The molecule has 1 aliphatic rings. The number of carboxylic acids is 1. The SMILES string of the molecule is CCCN(CC(=O)O)CC(=O)N1CCN(S(=O)(=O)Cc2ccccc2)CC1. The van der Waals surface area contributed by atoms with Crippen LogP contribution in [0.5, 0.6) is 0 Å². The molecule has 8 nitrogen and oxygen atoms in total. The van der Waals surface area contributed by atoms with Gasteiger partial charge >= 0.3 is 5.97 Å². The van der Waals surface area contributed by atoms with Gasteiger partial charge in [0.15, 0.2) is 0 Å². The van der Waals surface area contributed by atoms with Gasteiger partial charge in [0.2, 0.25) is 15.9 Å². The molecule has 27 heavy (non-hydrogen) atoms. The van der Waals surface area contributed by atoms with Crippen LogP contribution in [0.3, 0.4) is 0 Å². The molecule has 0 aromatic heterocycles. The van der Waals surface area contributed by atoms with Gasteiger partial charge in [0.05, 0.1) is 18.8 Å². The number of rotatable bonds is 9. The molecule has 9 heteroatoms. The third-order valence-electron chi connectivity index (χ3n) is 4.43. The average molecular weight is 397 g/mol. The van der Waals surface area contributed by atoms with Crippen LogP contribution in [0.4, 0.5) is 0 Å². The first-order valence-electron chi connectivity index (χ1n) is 9.05. The van der Waals surface area contributed by atoms with Crippen LogP contribution in [0.1, 0.15) is 18.9 Å². The molecular formula is C18H27N3O5S. The van der Waals surface area contributed by atoms with Crippen LogP contribution in [-0.2, 0) is 25.4 Å². The summed E-state index contributed by atoms with van der Waals surface area (Å²) >= 11 is 0. The Morgan fingerprint density at radius 2 is 1.70 bits per heavy atom. The van der Waals surface area contributed by atoms with E-state index >= 15 is 0 Å². The molecular weight excluding hydrogens is 370 g/mol. The maximum absolute atomic E-state index is 12.6. The quantitative estimate of drug-likeness (QED) is 0.650. The van der Waals surface area contributed by atoms with Crippen molar-refractivity contribution in [2.24, 2.45) is 0 Å². The van der Waals surface area contributed by atoms with Crippen molar-refractivity contribution in [3.63, 3.8) is 0 Å². The Kier molecular flexibility index (Phi) is 7.76. The lowest BCUT2D eigenvalue weighted by atomic mass is 10.2. The molecule has 0 bridgehead atoms. The van der Waals surface area contributed by atoms with Crippen molar-refractivity contribution in [3.8, 4) is 0 Å². The Bertz CT molecular complexity index is 731. The van der Waals surface area contributed by atoms with Crippen LogP contribution >= 0.6 is 0 Å². The normalized spacial score (nSPS) is 15.9. The van der Waals surface area contributed by atoms with Gasteiger partial charge in [-0.05, 0) is 18.5 Å². The van der Waals surface area contributed by atoms with Crippen molar-refractivity contribution < 1.29 is 23.1 Å². The molecule has 1 saturated heterocycles. The predicted octanol–water partition coefficient (Wildman–Crippen LogP) is 0.457. The fourth-order valence-corrected chi connectivity index (χ4v) is 4.62. The first-order valence-corrected chi connectivity index (χ1v) is 10.7. The van der Waals surface area contributed by atoms with Crippen LogP contribution in [0.15, 0.2) is 30.3 Å². The van der Waals surface area contributed by atoms with Crippen molar-refractivity contribution in [1.82, 2.24) is 14.1 Å². The number of carboxylic acid groups (broad SMARTS) is 1. The molecule has 1 aliphatic heterocycles. The fourth-order valence-electron chi connectivity index (χ4n) is 3.10. The van der Waals surface area contributed by atoms with E-state index in [0.29, 0.717) is 19.6 Å². The number of amides is 1. The highest BCUT2D eigenvalue weighted by Crippen LogP contribution is 2.14. The maximum Gasteiger partial charge on any atom is 0.317 e. The van der Waals surface area contributed by atoms with E-state index in [1.54, 1.807) is 34.1 Å². The summed E-state index contributed by atoms with van der Waals surface area (Å²) in [7, 11) is -3.43. The number of hydrogen-bond donors (Lipinski definition) is 1. The first kappa shape index (κ1) is 21.3. The lowest BCUT2D eigenvalue weighted by molar-refractivity contribution is -0.140. The van der Waals surface area contributed by atoms with E-state index in [4.69, 9.17) is 5.11 Å². The van der Waals surface area contributed by atoms with Gasteiger partial charge in [-0.3, -0.25) is 14.5 Å². The van der Waals surface area contributed by atoms with E-state index in [9.17, 15) is 18.0 Å². The van der Waals surface area contributed by atoms with Crippen LogP contribution in [-0.4, -0.2) is 85.3 Å². The van der Waals surface area contributed by atoms with E-state index in [1.165, 1.54) is 4.31 Å². The molecule has 0 aliphatic carbocycles. The molecule has 0 atom stereocenters. The number of hydrogen-bond acceptors (Lipinski definition) is 5. The fraction of sp³-hybridized carbons (Fsp3) is 0.556. The molecule has 1 fully saturated rings. The monoisotopic (exact) mass is 397 g/mol. The molecule has 2 rings (SSSR count). The second kappa shape index (κ2) is 9.82. The van der Waals surface area contributed by atoms with E-state index < -0.39 is 16.0 Å². The zero-order chi connectivity index (χ0) is 19.9. The topological polar surface area (TPSA) is 98.2 Å². The van der Waals surface area contributed by atoms with Crippen LogP contribution in [0.2, 0.25) is 0 Å². The smallest absolute Gasteiger partial charge is 0.317 e. The summed E-state index contributed by atoms with van der Waals surface area (Å²) in [5, 5.41) is 8.94. The third-order valence-corrected chi connectivity index (χ3v) is 6.28. The van der Waals surface area contributed by atoms with E-state index in [1.807, 2.05) is 13.0 Å². The number of carbonyl (C=O) groups is 2. The van der Waals surface area contributed by atoms with Crippen molar-refractivity contribution in [2.45, 2.75) is 19.1 Å². The van der Waals surface area contributed by atoms with Crippen LogP contribution < -0.4 is 0 Å². The number of piperazine rings is 1. The largest absolute Gasteiger partial charge is 0.480 e. The summed E-state index contributed by atoms with van der Waals surface area (Å²) < 4.78 is 26.6. The second-order valence-electron chi connectivity index (χ2n) is 6.63. The molecule has 1 aromatic rings. The summed E-state index contributed by atoms with van der Waals surface area (Å²) in [5.41, 5.74) is 0.736. The lowest BCUT2D eigenvalue weighted by Crippen LogP contribution is -2.53. The zero-order valence-electron chi connectivity index (χ0n) is 15.6. The van der Waals surface area contributed by atoms with Gasteiger partial charge in [-0.15, -0.1) is 0 Å². The molecule has 0 unspecified atom stereocenters. The average Bonchev–Trinajstić information content (AvgIpc) is 2.62. The molecule has 150 valence electrons. The molecule has 0 saturated carbocycles. The highest BCUT2D eigenvalue weighted by Gasteiger charge is 2.29. The van der Waals surface area contributed by atoms with Crippen molar-refractivity contribution in [3.05, 3.63) is 35.9 Å². The molecule has 0 spiro atoms. The number of carbonyl (C=O) groups excluding carboxylic acids is 1. The summed E-state index contributed by atoms with van der Waals surface area (Å²) in [6.07, 6.45) is 0.756. The van der Waals surface area contributed by atoms with Crippen LogP contribution in [0.25, 0.3) is 0 Å². The van der Waals surface area contributed by atoms with Gasteiger partial charge < -0.3 is 10.0 Å². The summed E-state index contributed by atoms with van der Waals surface area (Å²) in [6, 6.07) is 9.01. The molecule has 1 aromatic carbocycles. The zero-order valence-corrected chi connectivity index (χ0v) is 16.4. The Morgan fingerprint density at radius 3 is 2.26 bits per heavy atom. The highest BCUT2D eigenvalue weighted by molar-refractivity contribution is 7.88. The standard InChI is InChI=1S/C18H27N3O5S/c1-2-8-19(14-18(23)24)13-17(22)20-9-11-21(12-10-20)27(25,26)15-16-6-4-3-5-7-16/h3-7H,2,8-15H2,1H3,(H,23,24). The number of sulfonamides is 1. The van der Waals surface area contributed by atoms with Gasteiger partial charge in [-0.1, -0.05) is 37.3 Å². The Hall–Kier alpha value is -1.97. The van der Waals surface area contributed by atoms with Crippen LogP contribution in [0, 0.1) is 0 Å². The Morgan fingerprint density at radius 1 is 1.07 bits per heavy atom. The minimum absolute atomic E-state index is 0.0386. The van der Waals surface area contributed by atoms with Gasteiger partial charge in [-0.25, -0.2) is 8.42 Å². The number of aliphatic carboxylic acids is 1. The van der Waals surface area contributed by atoms with Crippen molar-refractivity contribution in [1.29, 1.82) is 0 Å². The summed E-state index contributed by atoms with van der Waals surface area (Å²) in [4.78, 5) is 26.6. The van der Waals surface area contributed by atoms with Gasteiger partial charge in [0.25, 0.3) is 0 Å². The highest BCUT2D eigenvalue weighted by atomic mass is 32.2. The Labute approximate surface area is 160 Å². The minimum atomic E-state index is -3.43. The van der Waals surface area contributed by atoms with E-state index in [0.717, 1.165) is 12.0 Å².